The summed E-state index contributed by atoms with van der Waals surface area (Å²) in [5.41, 5.74) is 1.91. The van der Waals surface area contributed by atoms with E-state index in [-0.39, 0.29) is 13.0 Å². The molecule has 7 heteroatoms. The first-order chi connectivity index (χ1) is 11.2. The number of carbonyl (C=O) groups is 2. The lowest BCUT2D eigenvalue weighted by Crippen LogP contribution is -2.57. The van der Waals surface area contributed by atoms with Crippen molar-refractivity contribution in [3.8, 4) is 0 Å². The maximum absolute atomic E-state index is 12.3. The first-order valence-corrected chi connectivity index (χ1v) is 9.81. The number of carbonyl (C=O) groups excluding carboxylic acids is 1. The number of aryl methyl sites for hydroxylation is 1. The zero-order chi connectivity index (χ0) is 18.0. The molecule has 1 fully saturated rings. The van der Waals surface area contributed by atoms with Crippen LogP contribution in [0.15, 0.2) is 24.3 Å². The number of carboxylic acid groups (broad SMARTS) is 1. The van der Waals surface area contributed by atoms with Gasteiger partial charge in [0.15, 0.2) is 9.84 Å². The molecule has 0 spiro atoms. The summed E-state index contributed by atoms with van der Waals surface area (Å²) in [4.78, 5) is 23.8. The summed E-state index contributed by atoms with van der Waals surface area (Å²) in [6.07, 6.45) is 2.63. The van der Waals surface area contributed by atoms with Crippen LogP contribution in [-0.4, -0.2) is 42.9 Å². The molecule has 1 aromatic carbocycles. The molecule has 0 saturated heterocycles. The van der Waals surface area contributed by atoms with Crippen molar-refractivity contribution in [1.29, 1.82) is 0 Å². The molecule has 0 radical (unpaired) electrons. The van der Waals surface area contributed by atoms with Gasteiger partial charge < -0.3 is 10.4 Å². The van der Waals surface area contributed by atoms with Gasteiger partial charge in [-0.25, -0.2) is 8.42 Å². The molecule has 1 aromatic rings. The Balaban J connectivity index is 2.04. The Morgan fingerprint density at radius 1 is 1.33 bits per heavy atom. The quantitative estimate of drug-likeness (QED) is 0.770. The van der Waals surface area contributed by atoms with Gasteiger partial charge in [-0.1, -0.05) is 29.8 Å². The largest absolute Gasteiger partial charge is 0.481 e. The third-order valence-corrected chi connectivity index (χ3v) is 6.72. The number of hydrogen-bond acceptors (Lipinski definition) is 4. The Morgan fingerprint density at radius 3 is 2.46 bits per heavy atom. The molecule has 1 atom stereocenters. The Hall–Kier alpha value is -1.89. The topological polar surface area (TPSA) is 101 Å². The van der Waals surface area contributed by atoms with E-state index in [0.717, 1.165) is 17.4 Å². The van der Waals surface area contributed by atoms with E-state index in [2.05, 4.69) is 5.32 Å². The molecule has 0 heterocycles. The van der Waals surface area contributed by atoms with Crippen molar-refractivity contribution in [3.05, 3.63) is 35.4 Å². The zero-order valence-electron chi connectivity index (χ0n) is 13.9. The maximum atomic E-state index is 12.3. The van der Waals surface area contributed by atoms with Gasteiger partial charge in [0.2, 0.25) is 5.91 Å². The maximum Gasteiger partial charge on any atom is 0.308 e. The summed E-state index contributed by atoms with van der Waals surface area (Å²) in [6.45, 7) is 1.84. The van der Waals surface area contributed by atoms with E-state index < -0.39 is 32.4 Å². The molecule has 1 saturated carbocycles. The Kier molecular flexibility index (Phi) is 5.32. The third kappa shape index (κ3) is 3.77. The molecule has 0 bridgehead atoms. The first kappa shape index (κ1) is 18.4. The molecule has 0 aliphatic heterocycles. The lowest BCUT2D eigenvalue weighted by Gasteiger charge is -2.38. The summed E-state index contributed by atoms with van der Waals surface area (Å²) >= 11 is 0. The number of nitrogens with one attached hydrogen (secondary N) is 1. The van der Waals surface area contributed by atoms with Crippen molar-refractivity contribution < 1.29 is 23.1 Å². The van der Waals surface area contributed by atoms with Crippen LogP contribution in [0, 0.1) is 12.8 Å². The van der Waals surface area contributed by atoms with Crippen LogP contribution >= 0.6 is 0 Å². The van der Waals surface area contributed by atoms with Crippen LogP contribution in [0.1, 0.15) is 30.4 Å². The number of rotatable bonds is 7. The van der Waals surface area contributed by atoms with E-state index in [0.29, 0.717) is 19.3 Å². The number of carboxylic acids is 1. The summed E-state index contributed by atoms with van der Waals surface area (Å²) in [5.74, 6) is -2.39. The fourth-order valence-electron chi connectivity index (χ4n) is 3.01. The number of amides is 1. The fourth-order valence-corrected chi connectivity index (χ4v) is 4.45. The molecule has 2 rings (SSSR count). The molecule has 24 heavy (non-hydrogen) atoms. The normalized spacial score (nSPS) is 17.6. The van der Waals surface area contributed by atoms with Crippen molar-refractivity contribution in [2.24, 2.45) is 5.92 Å². The number of hydrogen-bond donors (Lipinski definition) is 2. The van der Waals surface area contributed by atoms with Gasteiger partial charge in [-0.3, -0.25) is 9.59 Å². The molecule has 132 valence electrons. The fraction of sp³-hybridized carbons (Fsp3) is 0.529. The van der Waals surface area contributed by atoms with Gasteiger partial charge in [-0.05, 0) is 38.2 Å². The molecule has 1 aliphatic rings. The Labute approximate surface area is 142 Å². The predicted octanol–water partition coefficient (Wildman–Crippen LogP) is 1.32. The van der Waals surface area contributed by atoms with Crippen LogP contribution in [0.5, 0.6) is 0 Å². The number of aliphatic carboxylic acids is 1. The highest BCUT2D eigenvalue weighted by Gasteiger charge is 2.52. The van der Waals surface area contributed by atoms with Crippen LogP contribution in [0.3, 0.4) is 0 Å². The monoisotopic (exact) mass is 353 g/mol. The minimum atomic E-state index is -3.52. The molecule has 0 aromatic heterocycles. The molecule has 2 N–H and O–H groups in total. The van der Waals surface area contributed by atoms with Crippen molar-refractivity contribution in [1.82, 2.24) is 5.32 Å². The SMILES string of the molecule is Cc1cccc(CC(CNC(=O)C2(S(C)(=O)=O)CCC2)C(=O)O)c1. The highest BCUT2D eigenvalue weighted by Crippen LogP contribution is 2.39. The summed E-state index contributed by atoms with van der Waals surface area (Å²) < 4.78 is 22.4. The van der Waals surface area contributed by atoms with Crippen molar-refractivity contribution in [2.45, 2.75) is 37.4 Å². The summed E-state index contributed by atoms with van der Waals surface area (Å²) in [5, 5.41) is 11.9. The average Bonchev–Trinajstić information content (AvgIpc) is 2.40. The standard InChI is InChI=1S/C17H23NO5S/c1-12-5-3-6-13(9-12)10-14(15(19)20)11-18-16(21)17(7-4-8-17)24(2,22)23/h3,5-6,9,14H,4,7-8,10-11H2,1-2H3,(H,18,21)(H,19,20). The predicted molar refractivity (Wildman–Crippen MR) is 90.4 cm³/mol. The van der Waals surface area contributed by atoms with Crippen LogP contribution in [-0.2, 0) is 25.8 Å². The molecule has 6 nitrogen and oxygen atoms in total. The molecule has 1 unspecified atom stereocenters. The van der Waals surface area contributed by atoms with Crippen molar-refractivity contribution >= 4 is 21.7 Å². The third-order valence-electron chi connectivity index (χ3n) is 4.71. The minimum absolute atomic E-state index is 0.0839. The van der Waals surface area contributed by atoms with Gasteiger partial charge in [-0.2, -0.15) is 0 Å². The van der Waals surface area contributed by atoms with Crippen LogP contribution < -0.4 is 5.32 Å². The van der Waals surface area contributed by atoms with Crippen LogP contribution in [0.4, 0.5) is 0 Å². The smallest absolute Gasteiger partial charge is 0.308 e. The van der Waals surface area contributed by atoms with E-state index in [1.54, 1.807) is 0 Å². The minimum Gasteiger partial charge on any atom is -0.481 e. The Morgan fingerprint density at radius 2 is 2.00 bits per heavy atom. The van der Waals surface area contributed by atoms with E-state index in [4.69, 9.17) is 0 Å². The second-order valence-corrected chi connectivity index (χ2v) is 8.88. The second kappa shape index (κ2) is 6.93. The van der Waals surface area contributed by atoms with Gasteiger partial charge in [0.1, 0.15) is 4.75 Å². The highest BCUT2D eigenvalue weighted by atomic mass is 32.2. The lowest BCUT2D eigenvalue weighted by molar-refractivity contribution is -0.141. The lowest BCUT2D eigenvalue weighted by atomic mass is 9.83. The van der Waals surface area contributed by atoms with E-state index in [1.165, 1.54) is 0 Å². The molecular formula is C17H23NO5S. The van der Waals surface area contributed by atoms with Crippen LogP contribution in [0.2, 0.25) is 0 Å². The Bertz CT molecular complexity index is 737. The summed E-state index contributed by atoms with van der Waals surface area (Å²) in [7, 11) is -3.52. The average molecular weight is 353 g/mol. The van der Waals surface area contributed by atoms with E-state index in [9.17, 15) is 23.1 Å². The van der Waals surface area contributed by atoms with Crippen molar-refractivity contribution in [3.63, 3.8) is 0 Å². The molecule has 1 aliphatic carbocycles. The second-order valence-electron chi connectivity index (χ2n) is 6.56. The molecular weight excluding hydrogens is 330 g/mol. The summed E-state index contributed by atoms with van der Waals surface area (Å²) in [6, 6.07) is 7.53. The van der Waals surface area contributed by atoms with Gasteiger partial charge in [0, 0.05) is 12.8 Å². The van der Waals surface area contributed by atoms with Gasteiger partial charge >= 0.3 is 5.97 Å². The number of sulfone groups is 1. The van der Waals surface area contributed by atoms with Gasteiger partial charge in [0.25, 0.3) is 0 Å². The highest BCUT2D eigenvalue weighted by molar-refractivity contribution is 7.93. The van der Waals surface area contributed by atoms with Gasteiger partial charge in [0.05, 0.1) is 5.92 Å². The van der Waals surface area contributed by atoms with Gasteiger partial charge in [-0.15, -0.1) is 0 Å². The zero-order valence-corrected chi connectivity index (χ0v) is 14.7. The van der Waals surface area contributed by atoms with Crippen molar-refractivity contribution in [2.75, 3.05) is 12.8 Å². The van der Waals surface area contributed by atoms with Crippen LogP contribution in [0.25, 0.3) is 0 Å². The van der Waals surface area contributed by atoms with E-state index in [1.807, 2.05) is 31.2 Å². The number of benzene rings is 1. The van der Waals surface area contributed by atoms with E-state index >= 15 is 0 Å². The molecule has 1 amide bonds. The first-order valence-electron chi connectivity index (χ1n) is 7.92.